The highest BCUT2D eigenvalue weighted by atomic mass is 16.7. The molecule has 2 aromatic rings. The van der Waals surface area contributed by atoms with Gasteiger partial charge in [-0.15, -0.1) is 0 Å². The van der Waals surface area contributed by atoms with Crippen molar-refractivity contribution in [3.05, 3.63) is 76.9 Å². The molecule has 1 heterocycles. The molecule has 8 heteroatoms. The van der Waals surface area contributed by atoms with E-state index in [1.54, 1.807) is 6.92 Å². The molecule has 4 N–H and O–H groups in total. The van der Waals surface area contributed by atoms with E-state index in [-0.39, 0.29) is 25.0 Å². The Morgan fingerprint density at radius 3 is 1.76 bits per heavy atom. The topological polar surface area (TPSA) is 149 Å². The first kappa shape index (κ1) is 31.6. The first-order valence-corrected chi connectivity index (χ1v) is 9.42. The number of carboxylic acids is 1. The number of benzene rings is 2. The molecule has 0 amide bonds. The molecule has 8 nitrogen and oxygen atoms in total. The molecule has 0 saturated carbocycles. The molecule has 1 aliphatic heterocycles. The zero-order chi connectivity index (χ0) is 23.6. The number of cyclic esters (lactones) is 1. The number of Topliss-reactive ketones (excluding diaryl/α,β-unsaturated/α-hetero) is 1. The van der Waals surface area contributed by atoms with E-state index in [9.17, 15) is 14.7 Å². The molecule has 2 aromatic carbocycles. The van der Waals surface area contributed by atoms with E-state index in [4.69, 9.17) is 19.4 Å². The smallest absolute Gasteiger partial charge is 0.368 e. The van der Waals surface area contributed by atoms with Crippen molar-refractivity contribution in [1.29, 1.82) is 0 Å². The predicted octanol–water partition coefficient (Wildman–Crippen LogP) is 2.85. The zero-order valence-corrected chi connectivity index (χ0v) is 18.4. The van der Waals surface area contributed by atoms with Crippen LogP contribution in [0.5, 0.6) is 0 Å². The van der Waals surface area contributed by atoms with Gasteiger partial charge in [-0.2, -0.15) is 0 Å². The van der Waals surface area contributed by atoms with Crippen LogP contribution in [0, 0.1) is 13.8 Å². The van der Waals surface area contributed by atoms with E-state index in [0.29, 0.717) is 12.0 Å². The maximum absolute atomic E-state index is 11.1. The van der Waals surface area contributed by atoms with Gasteiger partial charge in [0.05, 0.1) is 0 Å². The second kappa shape index (κ2) is 14.4. The lowest BCUT2D eigenvalue weighted by Gasteiger charge is -2.19. The first-order chi connectivity index (χ1) is 14.4. The number of carbonyl (C=O) groups is 4. The summed E-state index contributed by atoms with van der Waals surface area (Å²) in [6, 6.07) is 15.6. The monoisotopic (exact) mass is 460 g/mol. The fourth-order valence-corrected chi connectivity index (χ4v) is 2.61. The van der Waals surface area contributed by atoms with Gasteiger partial charge in [0.2, 0.25) is 12.1 Å². The van der Waals surface area contributed by atoms with Crippen LogP contribution >= 0.6 is 0 Å². The summed E-state index contributed by atoms with van der Waals surface area (Å²) in [7, 11) is 0. The molecular weight excluding hydrogens is 428 g/mol. The fourth-order valence-electron chi connectivity index (χ4n) is 2.61. The fraction of sp³-hybridized carbons (Fsp3) is 0.280. The van der Waals surface area contributed by atoms with Gasteiger partial charge < -0.3 is 20.4 Å². The number of rotatable bonds is 4. The number of aldehydes is 1. The van der Waals surface area contributed by atoms with E-state index in [2.05, 4.69) is 0 Å². The molecule has 0 aromatic heterocycles. The zero-order valence-electron chi connectivity index (χ0n) is 18.4. The van der Waals surface area contributed by atoms with Crippen LogP contribution in [0.2, 0.25) is 0 Å². The molecule has 0 radical (unpaired) electrons. The highest BCUT2D eigenvalue weighted by Crippen LogP contribution is 2.33. The Morgan fingerprint density at radius 1 is 1.00 bits per heavy atom. The molecule has 0 aliphatic carbocycles. The number of hydrogen-bond donors (Lipinski definition) is 2. The Bertz CT molecular complexity index is 955. The summed E-state index contributed by atoms with van der Waals surface area (Å²) >= 11 is 0. The molecular formula is C25H32O8. The summed E-state index contributed by atoms with van der Waals surface area (Å²) in [6.45, 7) is 7.09. The molecule has 1 unspecified atom stereocenters. The number of ether oxygens (including phenoxy) is 1. The van der Waals surface area contributed by atoms with Gasteiger partial charge in [0.1, 0.15) is 5.78 Å². The lowest BCUT2D eigenvalue weighted by atomic mass is 9.99. The van der Waals surface area contributed by atoms with Crippen LogP contribution in [0.1, 0.15) is 43.5 Å². The Hall–Kier alpha value is -3.62. The van der Waals surface area contributed by atoms with Gasteiger partial charge in [0.25, 0.3) is 0 Å². The van der Waals surface area contributed by atoms with Crippen molar-refractivity contribution in [3.63, 3.8) is 0 Å². The number of carboxylic acid groups (broad SMARTS) is 1. The highest BCUT2D eigenvalue weighted by Gasteiger charge is 2.37. The normalized spacial score (nSPS) is 15.5. The number of ketones is 1. The van der Waals surface area contributed by atoms with Crippen molar-refractivity contribution in [2.75, 3.05) is 0 Å². The van der Waals surface area contributed by atoms with Gasteiger partial charge >= 0.3 is 11.9 Å². The minimum atomic E-state index is -1.51. The third-order valence-electron chi connectivity index (χ3n) is 4.10. The van der Waals surface area contributed by atoms with Crippen LogP contribution in [0.4, 0.5) is 0 Å². The number of aryl methyl sites for hydroxylation is 2. The average molecular weight is 461 g/mol. The van der Waals surface area contributed by atoms with E-state index in [0.717, 1.165) is 16.7 Å². The number of carbonyl (C=O) groups excluding carboxylic acids is 3. The highest BCUT2D eigenvalue weighted by molar-refractivity contribution is 6.19. The van der Waals surface area contributed by atoms with E-state index >= 15 is 0 Å². The summed E-state index contributed by atoms with van der Waals surface area (Å²) in [5.74, 6) is -3.22. The molecule has 1 aliphatic rings. The van der Waals surface area contributed by atoms with Gasteiger partial charge in [-0.05, 0) is 31.9 Å². The molecule has 0 spiro atoms. The van der Waals surface area contributed by atoms with Gasteiger partial charge in [0, 0.05) is 25.0 Å². The lowest BCUT2D eigenvalue weighted by molar-refractivity contribution is -0.169. The van der Waals surface area contributed by atoms with Crippen LogP contribution in [-0.4, -0.2) is 45.5 Å². The number of aliphatic carboxylic acids is 1. The Morgan fingerprint density at radius 2 is 1.42 bits per heavy atom. The molecule has 33 heavy (non-hydrogen) atoms. The number of esters is 1. The minimum absolute atomic E-state index is 0. The summed E-state index contributed by atoms with van der Waals surface area (Å²) in [5, 5.41) is 17.2. The van der Waals surface area contributed by atoms with Crippen molar-refractivity contribution in [3.8, 4) is 0 Å². The van der Waals surface area contributed by atoms with Crippen LogP contribution < -0.4 is 0 Å². The molecule has 180 valence electrons. The Labute approximate surface area is 193 Å². The summed E-state index contributed by atoms with van der Waals surface area (Å²) in [6.07, 6.45) is 1.71. The molecule has 0 bridgehead atoms. The van der Waals surface area contributed by atoms with Gasteiger partial charge in [-0.3, -0.25) is 9.59 Å². The van der Waals surface area contributed by atoms with Gasteiger partial charge in [-0.1, -0.05) is 67.1 Å². The molecule has 1 atom stereocenters. The largest absolute Gasteiger partial charge is 0.476 e. The maximum Gasteiger partial charge on any atom is 0.368 e. The lowest BCUT2D eigenvalue weighted by Crippen LogP contribution is -2.26. The second-order valence-corrected chi connectivity index (χ2v) is 7.15. The third-order valence-corrected chi connectivity index (χ3v) is 4.10. The summed E-state index contributed by atoms with van der Waals surface area (Å²) in [5.41, 5.74) is 4.77. The van der Waals surface area contributed by atoms with Crippen molar-refractivity contribution in [2.45, 2.75) is 47.3 Å². The van der Waals surface area contributed by atoms with E-state index in [1.165, 1.54) is 18.6 Å². The third kappa shape index (κ3) is 11.5. The standard InChI is InChI=1S/C12H12O3.C10H12O.C2H2O3.CH4.H2O/c1-8-3-5-9(6-4-8)10-7-11(13)15-12(10,2)14;1-8-3-5-10(6-4-8)7-9(2)11;3-1-2(4)5;;/h3-7,14H,1-2H3;3-6H,7H2,1-2H3;1H,(H,4,5);1H4;1H2. The van der Waals surface area contributed by atoms with E-state index in [1.807, 2.05) is 62.4 Å². The van der Waals surface area contributed by atoms with Gasteiger partial charge in [-0.25, -0.2) is 9.59 Å². The second-order valence-electron chi connectivity index (χ2n) is 7.15. The average Bonchev–Trinajstić information content (AvgIpc) is 2.97. The van der Waals surface area contributed by atoms with Crippen molar-refractivity contribution >= 4 is 29.6 Å². The number of hydrogen-bond acceptors (Lipinski definition) is 6. The SMILES string of the molecule is C.CC(=O)Cc1ccc(C)cc1.Cc1ccc(C2=CC(=O)OC2(C)O)cc1.O.O=CC(=O)O. The van der Waals surface area contributed by atoms with Crippen molar-refractivity contribution in [2.24, 2.45) is 0 Å². The van der Waals surface area contributed by atoms with E-state index < -0.39 is 17.7 Å². The van der Waals surface area contributed by atoms with Crippen molar-refractivity contribution < 1.29 is 39.6 Å². The Balaban J connectivity index is 0. The molecule has 0 saturated heterocycles. The van der Waals surface area contributed by atoms with Gasteiger partial charge in [0.15, 0.2) is 0 Å². The summed E-state index contributed by atoms with van der Waals surface area (Å²) in [4.78, 5) is 39.7. The Kier molecular flexibility index (Phi) is 13.8. The number of aliphatic hydroxyl groups is 1. The molecule has 0 fully saturated rings. The van der Waals surface area contributed by atoms with Crippen LogP contribution in [0.25, 0.3) is 5.57 Å². The molecule has 3 rings (SSSR count). The maximum atomic E-state index is 11.1. The minimum Gasteiger partial charge on any atom is -0.476 e. The first-order valence-electron chi connectivity index (χ1n) is 9.42. The summed E-state index contributed by atoms with van der Waals surface area (Å²) < 4.78 is 4.77. The van der Waals surface area contributed by atoms with Crippen LogP contribution in [0.15, 0.2) is 54.6 Å². The van der Waals surface area contributed by atoms with Crippen LogP contribution in [-0.2, 0) is 30.3 Å². The predicted molar refractivity (Wildman–Crippen MR) is 125 cm³/mol. The van der Waals surface area contributed by atoms with Crippen LogP contribution in [0.3, 0.4) is 0 Å². The quantitative estimate of drug-likeness (QED) is 0.405. The van der Waals surface area contributed by atoms with Crippen molar-refractivity contribution in [1.82, 2.24) is 0 Å².